The predicted molar refractivity (Wildman–Crippen MR) is 92.3 cm³/mol. The third-order valence-corrected chi connectivity index (χ3v) is 7.45. The maximum atomic E-state index is 13.7. The van der Waals surface area contributed by atoms with Crippen molar-refractivity contribution < 1.29 is 18.4 Å². The number of nitrogens with two attached hydrogens (primary N) is 1. The van der Waals surface area contributed by atoms with Gasteiger partial charge in [-0.15, -0.1) is 0 Å². The minimum Gasteiger partial charge on any atom is -0.369 e. The zero-order chi connectivity index (χ0) is 18.7. The van der Waals surface area contributed by atoms with Gasteiger partial charge in [0.1, 0.15) is 0 Å². The number of halogens is 2. The highest BCUT2D eigenvalue weighted by atomic mass is 19.3. The highest BCUT2D eigenvalue weighted by Crippen LogP contribution is 2.59. The average molecular weight is 369 g/mol. The summed E-state index contributed by atoms with van der Waals surface area (Å²) < 4.78 is 27.3. The Kier molecular flexibility index (Phi) is 4.29. The number of amides is 2. The van der Waals surface area contributed by atoms with Crippen molar-refractivity contribution in [3.05, 3.63) is 0 Å². The van der Waals surface area contributed by atoms with Gasteiger partial charge in [0.05, 0.1) is 12.6 Å². The van der Waals surface area contributed by atoms with Gasteiger partial charge >= 0.3 is 0 Å². The molecule has 146 valence electrons. The van der Waals surface area contributed by atoms with E-state index in [4.69, 9.17) is 5.73 Å². The van der Waals surface area contributed by atoms with Crippen molar-refractivity contribution in [2.45, 2.75) is 69.9 Å². The van der Waals surface area contributed by atoms with Crippen LogP contribution in [0.4, 0.5) is 8.78 Å². The van der Waals surface area contributed by atoms with Crippen LogP contribution in [0.15, 0.2) is 0 Å². The highest BCUT2D eigenvalue weighted by molar-refractivity contribution is 5.83. The largest absolute Gasteiger partial charge is 0.369 e. The Morgan fingerprint density at radius 2 is 1.85 bits per heavy atom. The summed E-state index contributed by atoms with van der Waals surface area (Å²) in [7, 11) is 0. The van der Waals surface area contributed by atoms with Crippen molar-refractivity contribution in [3.8, 4) is 0 Å². The van der Waals surface area contributed by atoms with E-state index in [0.717, 1.165) is 32.1 Å². The summed E-state index contributed by atoms with van der Waals surface area (Å²) >= 11 is 0. The summed E-state index contributed by atoms with van der Waals surface area (Å²) in [4.78, 5) is 26.4. The fourth-order valence-corrected chi connectivity index (χ4v) is 6.34. The molecule has 1 heterocycles. The molecule has 0 aromatic carbocycles. The van der Waals surface area contributed by atoms with Crippen molar-refractivity contribution in [2.24, 2.45) is 28.9 Å². The van der Waals surface area contributed by atoms with E-state index >= 15 is 0 Å². The fraction of sp³-hybridized carbons (Fsp3) is 0.895. The first-order chi connectivity index (χ1) is 12.2. The first kappa shape index (κ1) is 18.1. The number of hydrogen-bond donors (Lipinski definition) is 2. The first-order valence-corrected chi connectivity index (χ1v) is 9.91. The minimum absolute atomic E-state index is 0.0549. The summed E-state index contributed by atoms with van der Waals surface area (Å²) in [5.41, 5.74) is 5.33. The zero-order valence-corrected chi connectivity index (χ0v) is 15.3. The van der Waals surface area contributed by atoms with Crippen molar-refractivity contribution in [2.75, 3.05) is 13.1 Å². The van der Waals surface area contributed by atoms with Crippen LogP contribution in [-0.2, 0) is 9.59 Å². The standard InChI is InChI=1S/C19H29F2N3O2/c1-11(24-4-2-3-19(20,21)10-24)16(25)23-15-13-5-12-6-14(15)9-18(7-12,8-13)17(22)26/h11-15H,2-10H2,1H3,(H2,22,26)(H,23,25). The van der Waals surface area contributed by atoms with E-state index in [2.05, 4.69) is 5.32 Å². The molecule has 5 fully saturated rings. The number of hydrogen-bond acceptors (Lipinski definition) is 3. The van der Waals surface area contributed by atoms with Crippen molar-refractivity contribution in [3.63, 3.8) is 0 Å². The molecule has 0 aromatic heterocycles. The predicted octanol–water partition coefficient (Wildman–Crippen LogP) is 1.90. The zero-order valence-electron chi connectivity index (χ0n) is 15.3. The van der Waals surface area contributed by atoms with E-state index in [0.29, 0.717) is 18.9 Å². The molecule has 5 nitrogen and oxygen atoms in total. The molecule has 1 saturated heterocycles. The molecule has 0 radical (unpaired) electrons. The molecule has 7 heteroatoms. The molecular weight excluding hydrogens is 340 g/mol. The summed E-state index contributed by atoms with van der Waals surface area (Å²) in [6.07, 6.45) is 4.81. The van der Waals surface area contributed by atoms with Crippen LogP contribution in [-0.4, -0.2) is 47.8 Å². The molecular formula is C19H29F2N3O2. The van der Waals surface area contributed by atoms with Gasteiger partial charge < -0.3 is 11.1 Å². The van der Waals surface area contributed by atoms with Crippen LogP contribution in [0.2, 0.25) is 0 Å². The maximum Gasteiger partial charge on any atom is 0.260 e. The quantitative estimate of drug-likeness (QED) is 0.795. The molecule has 3 unspecified atom stereocenters. The number of rotatable bonds is 4. The summed E-state index contributed by atoms with van der Waals surface area (Å²) in [6, 6.07) is -0.497. The lowest BCUT2D eigenvalue weighted by Gasteiger charge is -2.59. The number of nitrogens with one attached hydrogen (secondary N) is 1. The Hall–Kier alpha value is -1.24. The van der Waals surface area contributed by atoms with E-state index in [1.54, 1.807) is 11.8 Å². The molecule has 4 bridgehead atoms. The van der Waals surface area contributed by atoms with Crippen molar-refractivity contribution >= 4 is 11.8 Å². The number of carbonyl (C=O) groups excluding carboxylic acids is 2. The second-order valence-corrected chi connectivity index (χ2v) is 9.25. The van der Waals surface area contributed by atoms with Gasteiger partial charge in [0.15, 0.2) is 0 Å². The molecule has 26 heavy (non-hydrogen) atoms. The smallest absolute Gasteiger partial charge is 0.260 e. The molecule has 5 aliphatic rings. The van der Waals surface area contributed by atoms with Crippen LogP contribution in [0.5, 0.6) is 0 Å². The van der Waals surface area contributed by atoms with E-state index in [1.165, 1.54) is 0 Å². The van der Waals surface area contributed by atoms with E-state index in [-0.39, 0.29) is 48.1 Å². The van der Waals surface area contributed by atoms with Crippen molar-refractivity contribution in [1.29, 1.82) is 0 Å². The number of alkyl halides is 2. The number of piperidine rings is 1. The third-order valence-electron chi connectivity index (χ3n) is 7.45. The molecule has 4 aliphatic carbocycles. The monoisotopic (exact) mass is 369 g/mol. The average Bonchev–Trinajstić information content (AvgIpc) is 2.55. The van der Waals surface area contributed by atoms with Gasteiger partial charge in [0.25, 0.3) is 5.92 Å². The van der Waals surface area contributed by atoms with Gasteiger partial charge in [0.2, 0.25) is 11.8 Å². The van der Waals surface area contributed by atoms with Crippen LogP contribution in [0.3, 0.4) is 0 Å². The summed E-state index contributed by atoms with van der Waals surface area (Å²) in [5, 5.41) is 3.16. The van der Waals surface area contributed by atoms with Crippen LogP contribution in [0.25, 0.3) is 0 Å². The SMILES string of the molecule is CC(C(=O)NC1C2CC3CC1CC(C(N)=O)(C3)C2)N1CCCC(F)(F)C1. The number of nitrogens with zero attached hydrogens (tertiary/aromatic N) is 1. The lowest BCUT2D eigenvalue weighted by Crippen LogP contribution is -2.63. The summed E-state index contributed by atoms with van der Waals surface area (Å²) in [6.45, 7) is 1.91. The molecule has 3 atom stereocenters. The van der Waals surface area contributed by atoms with Crippen LogP contribution in [0, 0.1) is 23.2 Å². The number of primary amides is 1. The molecule has 1 aliphatic heterocycles. The molecule has 2 amide bonds. The molecule has 4 saturated carbocycles. The van der Waals surface area contributed by atoms with Crippen molar-refractivity contribution in [1.82, 2.24) is 10.2 Å². The molecule has 0 spiro atoms. The maximum absolute atomic E-state index is 13.7. The van der Waals surface area contributed by atoms with Gasteiger partial charge in [-0.2, -0.15) is 0 Å². The van der Waals surface area contributed by atoms with Crippen LogP contribution >= 0.6 is 0 Å². The van der Waals surface area contributed by atoms with Gasteiger partial charge in [-0.25, -0.2) is 8.78 Å². The topological polar surface area (TPSA) is 75.4 Å². The molecule has 5 rings (SSSR count). The van der Waals surface area contributed by atoms with E-state index in [9.17, 15) is 18.4 Å². The second-order valence-electron chi connectivity index (χ2n) is 9.25. The van der Waals surface area contributed by atoms with Crippen LogP contribution in [0.1, 0.15) is 51.9 Å². The van der Waals surface area contributed by atoms with E-state index < -0.39 is 12.0 Å². The first-order valence-electron chi connectivity index (χ1n) is 9.91. The van der Waals surface area contributed by atoms with Gasteiger partial charge in [-0.3, -0.25) is 14.5 Å². The van der Waals surface area contributed by atoms with Gasteiger partial charge in [0, 0.05) is 17.9 Å². The Morgan fingerprint density at radius 1 is 1.19 bits per heavy atom. The highest BCUT2D eigenvalue weighted by Gasteiger charge is 2.58. The second kappa shape index (κ2) is 6.14. The minimum atomic E-state index is -2.71. The molecule has 0 aromatic rings. The number of carbonyl (C=O) groups is 2. The van der Waals surface area contributed by atoms with Crippen LogP contribution < -0.4 is 11.1 Å². The van der Waals surface area contributed by atoms with Gasteiger partial charge in [-0.05, 0) is 69.7 Å². The summed E-state index contributed by atoms with van der Waals surface area (Å²) in [5.74, 6) is -1.95. The Bertz CT molecular complexity index is 596. The lowest BCUT2D eigenvalue weighted by molar-refractivity contribution is -0.148. The molecule has 3 N–H and O–H groups in total. The Morgan fingerprint density at radius 3 is 2.42 bits per heavy atom. The Labute approximate surface area is 153 Å². The normalized spacial score (nSPS) is 42.4. The lowest BCUT2D eigenvalue weighted by atomic mass is 9.47. The third kappa shape index (κ3) is 3.02. The number of likely N-dealkylation sites (tertiary alicyclic amines) is 1. The van der Waals surface area contributed by atoms with E-state index in [1.807, 2.05) is 0 Å². The van der Waals surface area contributed by atoms with Gasteiger partial charge in [-0.1, -0.05) is 0 Å². The fourth-order valence-electron chi connectivity index (χ4n) is 6.34. The Balaban J connectivity index is 1.42.